The van der Waals surface area contributed by atoms with Crippen LogP contribution in [-0.2, 0) is 27.4 Å². The van der Waals surface area contributed by atoms with Crippen molar-refractivity contribution in [3.05, 3.63) is 57.6 Å². The Morgan fingerprint density at radius 3 is 1.48 bits per heavy atom. The third-order valence-electron chi connectivity index (χ3n) is 14.4. The van der Waals surface area contributed by atoms with Crippen LogP contribution in [0, 0.1) is 11.8 Å². The molecule has 2 aromatic rings. The number of amides is 1. The Hall–Kier alpha value is -3.29. The number of halogens is 2. The van der Waals surface area contributed by atoms with Gasteiger partial charge in [-0.1, -0.05) is 23.2 Å². The van der Waals surface area contributed by atoms with Crippen LogP contribution in [0.25, 0.3) is 0 Å². The van der Waals surface area contributed by atoms with Gasteiger partial charge < -0.3 is 35.0 Å². The van der Waals surface area contributed by atoms with Gasteiger partial charge in [0, 0.05) is 84.9 Å². The molecule has 3 N–H and O–H groups in total. The molecular weight excluding hydrogens is 815 g/mol. The van der Waals surface area contributed by atoms with E-state index in [1.807, 2.05) is 37.8 Å². The van der Waals surface area contributed by atoms with Crippen molar-refractivity contribution in [3.63, 3.8) is 0 Å². The Bertz CT molecular complexity index is 1840. The van der Waals surface area contributed by atoms with Crippen LogP contribution in [0.5, 0.6) is 0 Å². The number of ether oxygens (including phenoxy) is 1. The summed E-state index contributed by atoms with van der Waals surface area (Å²) in [7, 11) is 0. The molecule has 0 aromatic heterocycles. The highest BCUT2D eigenvalue weighted by Gasteiger charge is 2.45. The van der Waals surface area contributed by atoms with E-state index >= 15 is 0 Å². The normalized spacial score (nSPS) is 22.7. The van der Waals surface area contributed by atoms with Crippen molar-refractivity contribution in [2.24, 2.45) is 11.8 Å². The molecule has 0 radical (unpaired) electrons. The lowest BCUT2D eigenvalue weighted by atomic mass is 9.85. The second-order valence-electron chi connectivity index (χ2n) is 19.6. The number of nitrogens with one attached hydrogen (secondary N) is 1. The highest BCUT2D eigenvalue weighted by molar-refractivity contribution is 6.31. The maximum absolute atomic E-state index is 12.5. The summed E-state index contributed by atoms with van der Waals surface area (Å²) in [6.07, 6.45) is 11.9. The summed E-state index contributed by atoms with van der Waals surface area (Å²) in [5.41, 5.74) is 4.71. The minimum atomic E-state index is -0.691. The molecule has 14 heteroatoms. The van der Waals surface area contributed by atoms with E-state index in [0.717, 1.165) is 113 Å². The van der Waals surface area contributed by atoms with Crippen LogP contribution in [0.4, 0.5) is 16.2 Å². The third-order valence-corrected chi connectivity index (χ3v) is 14.8. The molecule has 6 saturated heterocycles. The van der Waals surface area contributed by atoms with Crippen molar-refractivity contribution in [1.29, 1.82) is 0 Å². The molecule has 0 atom stereocenters. The number of aliphatic carboxylic acids is 2. The van der Waals surface area contributed by atoms with Crippen LogP contribution in [0.15, 0.2) is 36.4 Å². The van der Waals surface area contributed by atoms with E-state index in [1.165, 1.54) is 49.8 Å². The zero-order valence-corrected chi connectivity index (χ0v) is 38.1. The van der Waals surface area contributed by atoms with Crippen LogP contribution < -0.4 is 15.1 Å². The first kappa shape index (κ1) is 45.7. The Balaban J connectivity index is 0.000000189. The minimum Gasteiger partial charge on any atom is -0.481 e. The topological polar surface area (TPSA) is 129 Å². The fourth-order valence-corrected chi connectivity index (χ4v) is 11.5. The predicted octanol–water partition coefficient (Wildman–Crippen LogP) is 8.37. The SMILES string of the molecule is CC(C)(C)OC(=O)N1CCC2(CCCN2Cc2cc(Cl)cc(N3CCC(C(=O)O)CC3)c2)CC1.O=C(O)C1CCN(c2cc(Cl)cc(CN3CCCC34CCNCC4)c2)CC1. The van der Waals surface area contributed by atoms with Gasteiger partial charge in [-0.25, -0.2) is 4.79 Å². The van der Waals surface area contributed by atoms with Gasteiger partial charge >= 0.3 is 18.0 Å². The van der Waals surface area contributed by atoms with Crippen LogP contribution in [0.3, 0.4) is 0 Å². The maximum Gasteiger partial charge on any atom is 0.410 e. The molecule has 2 aromatic carbocycles. The van der Waals surface area contributed by atoms with Gasteiger partial charge in [0.2, 0.25) is 0 Å². The average molecular weight is 884 g/mol. The summed E-state index contributed by atoms with van der Waals surface area (Å²) >= 11 is 13.0. The van der Waals surface area contributed by atoms with Crippen molar-refractivity contribution in [1.82, 2.24) is 20.0 Å². The molecular formula is C47H68Cl2N6O6. The molecule has 336 valence electrons. The molecule has 61 heavy (non-hydrogen) atoms. The zero-order chi connectivity index (χ0) is 43.4. The molecule has 8 rings (SSSR count). The van der Waals surface area contributed by atoms with Gasteiger partial charge in [0.25, 0.3) is 0 Å². The fourth-order valence-electron chi connectivity index (χ4n) is 11.0. The first-order valence-electron chi connectivity index (χ1n) is 22.8. The van der Waals surface area contributed by atoms with Crippen molar-refractivity contribution < 1.29 is 29.3 Å². The molecule has 6 heterocycles. The number of rotatable bonds is 8. The number of likely N-dealkylation sites (tertiary alicyclic amines) is 3. The number of carboxylic acid groups (broad SMARTS) is 2. The highest BCUT2D eigenvalue weighted by Crippen LogP contribution is 2.41. The molecule has 6 aliphatic heterocycles. The Labute approximate surface area is 372 Å². The van der Waals surface area contributed by atoms with Crippen molar-refractivity contribution in [2.45, 2.75) is 128 Å². The molecule has 0 aliphatic carbocycles. The predicted molar refractivity (Wildman–Crippen MR) is 242 cm³/mol. The number of carbonyl (C=O) groups excluding carboxylic acids is 1. The summed E-state index contributed by atoms with van der Waals surface area (Å²) in [6, 6.07) is 12.6. The molecule has 12 nitrogen and oxygen atoms in total. The second-order valence-corrected chi connectivity index (χ2v) is 20.4. The second kappa shape index (κ2) is 19.6. The zero-order valence-electron chi connectivity index (χ0n) is 36.6. The Kier molecular flexibility index (Phi) is 14.7. The summed E-state index contributed by atoms with van der Waals surface area (Å²) in [5.74, 6) is -1.80. The molecule has 6 fully saturated rings. The first-order valence-corrected chi connectivity index (χ1v) is 23.6. The summed E-state index contributed by atoms with van der Waals surface area (Å²) in [4.78, 5) is 46.7. The van der Waals surface area contributed by atoms with Gasteiger partial charge in [-0.3, -0.25) is 19.4 Å². The van der Waals surface area contributed by atoms with Crippen molar-refractivity contribution in [2.75, 3.05) is 75.2 Å². The lowest BCUT2D eigenvalue weighted by Crippen LogP contribution is -2.53. The number of carboxylic acids is 2. The number of hydrogen-bond acceptors (Lipinski definition) is 9. The molecule has 2 spiro atoms. The van der Waals surface area contributed by atoms with Gasteiger partial charge in [-0.05, 0) is 172 Å². The molecule has 1 amide bonds. The number of carbonyl (C=O) groups is 3. The Morgan fingerprint density at radius 2 is 1.07 bits per heavy atom. The smallest absolute Gasteiger partial charge is 0.410 e. The molecule has 0 bridgehead atoms. The number of anilines is 2. The van der Waals surface area contributed by atoms with E-state index in [-0.39, 0.29) is 23.5 Å². The summed E-state index contributed by atoms with van der Waals surface area (Å²) in [6.45, 7) is 16.5. The van der Waals surface area contributed by atoms with Gasteiger partial charge in [0.15, 0.2) is 0 Å². The van der Waals surface area contributed by atoms with E-state index < -0.39 is 17.5 Å². The van der Waals surface area contributed by atoms with Crippen LogP contribution >= 0.6 is 23.2 Å². The van der Waals surface area contributed by atoms with Crippen LogP contribution in [-0.4, -0.2) is 125 Å². The van der Waals surface area contributed by atoms with Gasteiger partial charge in [0.1, 0.15) is 5.60 Å². The van der Waals surface area contributed by atoms with Crippen molar-refractivity contribution in [3.8, 4) is 0 Å². The third kappa shape index (κ3) is 11.5. The molecule has 6 aliphatic rings. The monoisotopic (exact) mass is 882 g/mol. The van der Waals surface area contributed by atoms with Crippen LogP contribution in [0.2, 0.25) is 10.0 Å². The average Bonchev–Trinajstić information content (AvgIpc) is 3.79. The fraction of sp³-hybridized carbons (Fsp3) is 0.681. The highest BCUT2D eigenvalue weighted by atomic mass is 35.5. The van der Waals surface area contributed by atoms with Gasteiger partial charge in [-0.2, -0.15) is 0 Å². The molecule has 0 saturated carbocycles. The van der Waals surface area contributed by atoms with E-state index in [9.17, 15) is 24.6 Å². The van der Waals surface area contributed by atoms with E-state index in [4.69, 9.17) is 27.9 Å². The van der Waals surface area contributed by atoms with E-state index in [1.54, 1.807) is 0 Å². The van der Waals surface area contributed by atoms with Gasteiger partial charge in [-0.15, -0.1) is 0 Å². The van der Waals surface area contributed by atoms with Crippen molar-refractivity contribution >= 4 is 52.6 Å². The first-order chi connectivity index (χ1) is 29.1. The number of benzene rings is 2. The largest absolute Gasteiger partial charge is 0.481 e. The lowest BCUT2D eigenvalue weighted by molar-refractivity contribution is -0.143. The number of piperidine rings is 4. The quantitative estimate of drug-likeness (QED) is 0.237. The lowest BCUT2D eigenvalue weighted by Gasteiger charge is -2.45. The number of hydrogen-bond donors (Lipinski definition) is 3. The summed E-state index contributed by atoms with van der Waals surface area (Å²) in [5, 5.41) is 23.5. The minimum absolute atomic E-state index is 0.126. The Morgan fingerprint density at radius 1 is 0.639 bits per heavy atom. The van der Waals surface area contributed by atoms with E-state index in [0.29, 0.717) is 31.2 Å². The standard InChI is InChI=1S/C26H38ClN3O4.C21H30ClN3O2/c1-25(2,3)34-24(33)29-13-8-26(9-14-29)7-4-10-30(26)18-19-15-21(27)17-22(16-19)28-11-5-20(6-12-28)23(31)32;22-18-12-16(15-25-9-1-4-21(25)5-7-23-8-6-21)13-19(14-18)24-10-2-17(3-11-24)20(26)27/h15-17,20H,4-14,18H2,1-3H3,(H,31,32);12-14,17,23H,1-11,15H2,(H,26,27). The van der Waals surface area contributed by atoms with Crippen LogP contribution in [0.1, 0.15) is 109 Å². The number of nitrogens with zero attached hydrogens (tertiary/aromatic N) is 5. The van der Waals surface area contributed by atoms with E-state index in [2.05, 4.69) is 49.2 Å². The summed E-state index contributed by atoms with van der Waals surface area (Å²) < 4.78 is 5.58. The molecule has 0 unspecified atom stereocenters. The van der Waals surface area contributed by atoms with Gasteiger partial charge in [0.05, 0.1) is 11.8 Å². The maximum atomic E-state index is 12.5.